The number of aromatic carboxylic acids is 1. The zero-order valence-electron chi connectivity index (χ0n) is 13.7. The van der Waals surface area contributed by atoms with E-state index in [-0.39, 0.29) is 46.6 Å². The molecule has 23 heavy (non-hydrogen) atoms. The molecule has 5 nitrogen and oxygen atoms in total. The summed E-state index contributed by atoms with van der Waals surface area (Å²) < 4.78 is 0. The van der Waals surface area contributed by atoms with Gasteiger partial charge in [0.1, 0.15) is 11.0 Å². The second-order valence-corrected chi connectivity index (χ2v) is 6.06. The number of nitrogens with two attached hydrogens (primary N) is 1. The van der Waals surface area contributed by atoms with Gasteiger partial charge in [0.2, 0.25) is 0 Å². The maximum atomic E-state index is 10.9. The van der Waals surface area contributed by atoms with Gasteiger partial charge in [-0.05, 0) is 17.4 Å². The number of rotatable bonds is 4. The van der Waals surface area contributed by atoms with Crippen LogP contribution in [0.2, 0.25) is 5.15 Å². The molecule has 7 heteroatoms. The molecule has 0 radical (unpaired) electrons. The average Bonchev–Trinajstić information content (AvgIpc) is 2.46. The number of benzene rings is 1. The molecule has 0 amide bonds. The van der Waals surface area contributed by atoms with Gasteiger partial charge in [0.25, 0.3) is 0 Å². The molecule has 0 fully saturated rings. The summed E-state index contributed by atoms with van der Waals surface area (Å²) in [5.74, 6) is -1.41. The van der Waals surface area contributed by atoms with Crippen molar-refractivity contribution in [2.75, 3.05) is 5.73 Å². The van der Waals surface area contributed by atoms with Gasteiger partial charge in [0, 0.05) is 5.56 Å². The first kappa shape index (κ1) is 19.5. The minimum Gasteiger partial charge on any atom is -0.545 e. The summed E-state index contributed by atoms with van der Waals surface area (Å²) >= 11 is 5.85. The molecule has 1 aromatic carbocycles. The van der Waals surface area contributed by atoms with E-state index >= 15 is 0 Å². The molecule has 0 spiro atoms. The van der Waals surface area contributed by atoms with Crippen LogP contribution in [0.25, 0.3) is 11.4 Å². The van der Waals surface area contributed by atoms with Gasteiger partial charge < -0.3 is 15.6 Å². The Bertz CT molecular complexity index is 695. The smallest absolute Gasteiger partial charge is 0.545 e. The summed E-state index contributed by atoms with van der Waals surface area (Å²) in [4.78, 5) is 18.9. The molecular weight excluding hydrogens is 309 g/mol. The Hall–Kier alpha value is -1.54. The normalized spacial score (nSPS) is 11.0. The van der Waals surface area contributed by atoms with E-state index in [1.807, 2.05) is 24.3 Å². The molecule has 2 N–H and O–H groups in total. The number of hydrogen-bond acceptors (Lipinski definition) is 5. The SMILES string of the molecule is CCC(C)(C)c1ccc(-c2nc(N)c(C(=O)[O-])c(Cl)n2)cc1.[Li+]. The van der Waals surface area contributed by atoms with E-state index in [9.17, 15) is 9.90 Å². The maximum Gasteiger partial charge on any atom is 1.00 e. The average molecular weight is 326 g/mol. The first-order valence-electron chi connectivity index (χ1n) is 6.91. The molecule has 2 aromatic rings. The fourth-order valence-electron chi connectivity index (χ4n) is 2.04. The monoisotopic (exact) mass is 325 g/mol. The number of carbonyl (C=O) groups is 1. The van der Waals surface area contributed by atoms with Crippen LogP contribution in [-0.2, 0) is 5.41 Å². The predicted octanol–water partition coefficient (Wildman–Crippen LogP) is -0.566. The van der Waals surface area contributed by atoms with Crippen LogP contribution >= 0.6 is 11.6 Å². The summed E-state index contributed by atoms with van der Waals surface area (Å²) in [5.41, 5.74) is 7.24. The van der Waals surface area contributed by atoms with E-state index in [0.29, 0.717) is 5.56 Å². The van der Waals surface area contributed by atoms with Crippen molar-refractivity contribution in [2.45, 2.75) is 32.6 Å². The molecule has 2 rings (SSSR count). The van der Waals surface area contributed by atoms with Gasteiger partial charge in [0.05, 0.1) is 11.5 Å². The van der Waals surface area contributed by atoms with Crippen molar-refractivity contribution in [1.29, 1.82) is 0 Å². The molecule has 0 aliphatic rings. The molecule has 0 atom stereocenters. The second kappa shape index (κ2) is 7.35. The zero-order chi connectivity index (χ0) is 16.5. The molecule has 1 aromatic heterocycles. The van der Waals surface area contributed by atoms with Crippen LogP contribution in [-0.4, -0.2) is 15.9 Å². The number of carbonyl (C=O) groups excluding carboxylic acids is 1. The number of carboxylic acids is 1. The number of nitrogen functional groups attached to an aromatic ring is 1. The summed E-state index contributed by atoms with van der Waals surface area (Å²) in [5, 5.41) is 10.7. The molecule has 0 saturated heterocycles. The standard InChI is InChI=1S/C16H18ClN3O2.Li/c1-4-16(2,3)10-7-5-9(6-8-10)14-19-12(17)11(15(21)22)13(18)20-14;/h5-8H,4H2,1-3H3,(H,21,22)(H2,18,19,20);/q;+1/p-1. The third kappa shape index (κ3) is 4.05. The third-order valence-electron chi connectivity index (χ3n) is 3.91. The zero-order valence-corrected chi connectivity index (χ0v) is 14.4. The number of aromatic nitrogens is 2. The van der Waals surface area contributed by atoms with Gasteiger partial charge in [0.15, 0.2) is 5.82 Å². The topological polar surface area (TPSA) is 91.9 Å². The minimum atomic E-state index is -1.49. The second-order valence-electron chi connectivity index (χ2n) is 5.70. The summed E-state index contributed by atoms with van der Waals surface area (Å²) in [6.45, 7) is 6.47. The molecule has 0 aliphatic heterocycles. The van der Waals surface area contributed by atoms with Crippen LogP contribution < -0.4 is 29.7 Å². The third-order valence-corrected chi connectivity index (χ3v) is 4.18. The fraction of sp³-hybridized carbons (Fsp3) is 0.312. The Morgan fingerprint density at radius 3 is 2.26 bits per heavy atom. The van der Waals surface area contributed by atoms with Gasteiger partial charge in [-0.3, -0.25) is 0 Å². The Morgan fingerprint density at radius 1 is 1.26 bits per heavy atom. The van der Waals surface area contributed by atoms with Crippen LogP contribution in [0, 0.1) is 0 Å². The van der Waals surface area contributed by atoms with E-state index < -0.39 is 5.97 Å². The van der Waals surface area contributed by atoms with E-state index in [2.05, 4.69) is 30.7 Å². The van der Waals surface area contributed by atoms with Gasteiger partial charge >= 0.3 is 18.9 Å². The quantitative estimate of drug-likeness (QED) is 0.600. The summed E-state index contributed by atoms with van der Waals surface area (Å²) in [6.07, 6.45) is 1.02. The molecule has 1 heterocycles. The van der Waals surface area contributed by atoms with Gasteiger partial charge in [-0.15, -0.1) is 0 Å². The van der Waals surface area contributed by atoms with Crippen LogP contribution in [0.1, 0.15) is 43.1 Å². The maximum absolute atomic E-state index is 10.9. The molecular formula is C16H17ClLiN3O2. The molecule has 0 aliphatic carbocycles. The van der Waals surface area contributed by atoms with Gasteiger partial charge in [-0.2, -0.15) is 0 Å². The van der Waals surface area contributed by atoms with Gasteiger partial charge in [-0.1, -0.05) is 56.6 Å². The number of hydrogen-bond donors (Lipinski definition) is 1. The summed E-state index contributed by atoms with van der Waals surface area (Å²) in [6, 6.07) is 7.74. The number of nitrogens with zero attached hydrogens (tertiary/aromatic N) is 2. The number of carboxylic acid groups (broad SMARTS) is 1. The molecule has 0 bridgehead atoms. The summed E-state index contributed by atoms with van der Waals surface area (Å²) in [7, 11) is 0. The first-order chi connectivity index (χ1) is 10.3. The number of halogens is 1. The molecule has 0 unspecified atom stereocenters. The van der Waals surface area contributed by atoms with Gasteiger partial charge in [-0.25, -0.2) is 9.97 Å². The van der Waals surface area contributed by atoms with Crippen molar-refractivity contribution in [3.8, 4) is 11.4 Å². The fourth-order valence-corrected chi connectivity index (χ4v) is 2.30. The van der Waals surface area contributed by atoms with Crippen molar-refractivity contribution in [3.63, 3.8) is 0 Å². The van der Waals surface area contributed by atoms with Crippen molar-refractivity contribution in [1.82, 2.24) is 9.97 Å². The van der Waals surface area contributed by atoms with Crippen LogP contribution in [0.15, 0.2) is 24.3 Å². The first-order valence-corrected chi connectivity index (χ1v) is 7.29. The Kier molecular flexibility index (Phi) is 6.23. The van der Waals surface area contributed by atoms with Crippen molar-refractivity contribution in [2.24, 2.45) is 0 Å². The van der Waals surface area contributed by atoms with E-state index in [1.165, 1.54) is 5.56 Å². The van der Waals surface area contributed by atoms with Crippen LogP contribution in [0.3, 0.4) is 0 Å². The predicted molar refractivity (Wildman–Crippen MR) is 84.5 cm³/mol. The Morgan fingerprint density at radius 2 is 1.83 bits per heavy atom. The van der Waals surface area contributed by atoms with E-state index in [4.69, 9.17) is 17.3 Å². The largest absolute Gasteiger partial charge is 1.00 e. The number of anilines is 1. The Balaban J connectivity index is 0.00000264. The molecule has 0 saturated carbocycles. The van der Waals surface area contributed by atoms with Crippen LogP contribution in [0.5, 0.6) is 0 Å². The molecule has 116 valence electrons. The van der Waals surface area contributed by atoms with Crippen LogP contribution in [0.4, 0.5) is 5.82 Å². The Labute approximate surface area is 152 Å². The van der Waals surface area contributed by atoms with E-state index in [1.54, 1.807) is 0 Å². The van der Waals surface area contributed by atoms with Crippen molar-refractivity contribution >= 4 is 23.4 Å². The minimum absolute atomic E-state index is 0. The van der Waals surface area contributed by atoms with E-state index in [0.717, 1.165) is 6.42 Å². The van der Waals surface area contributed by atoms with Crippen molar-refractivity contribution in [3.05, 3.63) is 40.5 Å². The van der Waals surface area contributed by atoms with Crippen molar-refractivity contribution < 1.29 is 28.8 Å².